The summed E-state index contributed by atoms with van der Waals surface area (Å²) < 4.78 is 0. The van der Waals surface area contributed by atoms with Crippen LogP contribution in [0.2, 0.25) is 0 Å². The highest BCUT2D eigenvalue weighted by Crippen LogP contribution is 2.21. The fraction of sp³-hybridized carbons (Fsp3) is 0.812. The predicted octanol–water partition coefficient (Wildman–Crippen LogP) is 3.37. The Morgan fingerprint density at radius 3 is 3.05 bits per heavy atom. The SMILES string of the molecule is ClCc1csc(CCCCN2CCN3CCCCC3C2)n1. The minimum Gasteiger partial charge on any atom is -0.301 e. The van der Waals surface area contributed by atoms with Crippen molar-refractivity contribution in [3.63, 3.8) is 0 Å². The zero-order valence-corrected chi connectivity index (χ0v) is 14.3. The van der Waals surface area contributed by atoms with Crippen molar-refractivity contribution in [2.24, 2.45) is 0 Å². The maximum absolute atomic E-state index is 5.79. The van der Waals surface area contributed by atoms with Crippen molar-refractivity contribution in [2.75, 3.05) is 32.7 Å². The van der Waals surface area contributed by atoms with E-state index in [-0.39, 0.29) is 0 Å². The van der Waals surface area contributed by atoms with Crippen LogP contribution >= 0.6 is 22.9 Å². The Morgan fingerprint density at radius 2 is 2.19 bits per heavy atom. The molecule has 3 heterocycles. The molecule has 0 N–H and O–H groups in total. The number of nitrogens with zero attached hydrogens (tertiary/aromatic N) is 3. The standard InChI is InChI=1S/C16H26ClN3S/c17-11-14-13-21-16(18-14)6-2-3-7-19-9-10-20-8-4-1-5-15(20)12-19/h13,15H,1-12H2. The van der Waals surface area contributed by atoms with Crippen molar-refractivity contribution >= 4 is 22.9 Å². The molecular weight excluding hydrogens is 302 g/mol. The van der Waals surface area contributed by atoms with E-state index in [1.54, 1.807) is 11.3 Å². The molecule has 5 heteroatoms. The van der Waals surface area contributed by atoms with Gasteiger partial charge < -0.3 is 4.90 Å². The summed E-state index contributed by atoms with van der Waals surface area (Å²) >= 11 is 7.55. The van der Waals surface area contributed by atoms with E-state index in [0.717, 1.165) is 18.2 Å². The van der Waals surface area contributed by atoms with Gasteiger partial charge in [0.1, 0.15) is 0 Å². The number of aromatic nitrogens is 1. The Kier molecular flexibility index (Phi) is 5.92. The molecule has 3 nitrogen and oxygen atoms in total. The molecule has 0 amide bonds. The normalized spacial score (nSPS) is 24.1. The lowest BCUT2D eigenvalue weighted by atomic mass is 9.99. The Bertz CT molecular complexity index is 437. The van der Waals surface area contributed by atoms with E-state index in [9.17, 15) is 0 Å². The third-order valence-corrected chi connectivity index (χ3v) is 6.00. The van der Waals surface area contributed by atoms with E-state index in [1.165, 1.54) is 69.8 Å². The number of hydrogen-bond donors (Lipinski definition) is 0. The molecule has 1 aromatic heterocycles. The molecule has 1 aromatic rings. The van der Waals surface area contributed by atoms with Gasteiger partial charge in [-0.3, -0.25) is 4.90 Å². The summed E-state index contributed by atoms with van der Waals surface area (Å²) in [7, 11) is 0. The molecule has 0 bridgehead atoms. The molecule has 2 aliphatic heterocycles. The van der Waals surface area contributed by atoms with Gasteiger partial charge in [0.2, 0.25) is 0 Å². The predicted molar refractivity (Wildman–Crippen MR) is 90.3 cm³/mol. The highest BCUT2D eigenvalue weighted by molar-refractivity contribution is 7.09. The molecule has 0 spiro atoms. The van der Waals surface area contributed by atoms with Crippen LogP contribution in [-0.2, 0) is 12.3 Å². The second kappa shape index (κ2) is 7.91. The number of aryl methyl sites for hydroxylation is 1. The summed E-state index contributed by atoms with van der Waals surface area (Å²) in [6, 6.07) is 0.845. The summed E-state index contributed by atoms with van der Waals surface area (Å²) in [5.74, 6) is 0.544. The zero-order valence-electron chi connectivity index (χ0n) is 12.8. The Morgan fingerprint density at radius 1 is 1.24 bits per heavy atom. The molecule has 0 saturated carbocycles. The number of halogens is 1. The van der Waals surface area contributed by atoms with Crippen LogP contribution in [0.5, 0.6) is 0 Å². The van der Waals surface area contributed by atoms with Gasteiger partial charge >= 0.3 is 0 Å². The van der Waals surface area contributed by atoms with E-state index in [4.69, 9.17) is 11.6 Å². The molecule has 2 fully saturated rings. The van der Waals surface area contributed by atoms with Crippen molar-refractivity contribution in [2.45, 2.75) is 50.4 Å². The Labute approximate surface area is 137 Å². The topological polar surface area (TPSA) is 19.4 Å². The maximum atomic E-state index is 5.79. The molecule has 0 aliphatic carbocycles. The lowest BCUT2D eigenvalue weighted by molar-refractivity contribution is 0.0487. The van der Waals surface area contributed by atoms with Gasteiger partial charge in [-0.1, -0.05) is 6.42 Å². The first kappa shape index (κ1) is 15.7. The van der Waals surface area contributed by atoms with E-state index < -0.39 is 0 Å². The van der Waals surface area contributed by atoms with Crippen LogP contribution in [0.25, 0.3) is 0 Å². The number of rotatable bonds is 6. The highest BCUT2D eigenvalue weighted by atomic mass is 35.5. The number of piperidine rings is 1. The van der Waals surface area contributed by atoms with Crippen molar-refractivity contribution in [3.8, 4) is 0 Å². The molecule has 2 aliphatic rings. The van der Waals surface area contributed by atoms with Crippen molar-refractivity contribution in [1.82, 2.24) is 14.8 Å². The minimum absolute atomic E-state index is 0.544. The Hall–Kier alpha value is -0.160. The quantitative estimate of drug-likeness (QED) is 0.590. The van der Waals surface area contributed by atoms with E-state index in [2.05, 4.69) is 20.2 Å². The summed E-state index contributed by atoms with van der Waals surface area (Å²) in [4.78, 5) is 9.92. The second-order valence-electron chi connectivity index (χ2n) is 6.31. The molecule has 0 aromatic carbocycles. The van der Waals surface area contributed by atoms with Crippen LogP contribution in [0, 0.1) is 0 Å². The minimum atomic E-state index is 0.544. The fourth-order valence-corrected chi connectivity index (χ4v) is 4.63. The summed E-state index contributed by atoms with van der Waals surface area (Å²) in [5, 5.41) is 3.34. The summed E-state index contributed by atoms with van der Waals surface area (Å²) in [5.41, 5.74) is 1.03. The second-order valence-corrected chi connectivity index (χ2v) is 7.52. The third-order valence-electron chi connectivity index (χ3n) is 4.77. The number of unbranched alkanes of at least 4 members (excludes halogenated alkanes) is 1. The van der Waals surface area contributed by atoms with E-state index >= 15 is 0 Å². The van der Waals surface area contributed by atoms with Crippen molar-refractivity contribution in [3.05, 3.63) is 16.1 Å². The molecular formula is C16H26ClN3S. The zero-order chi connectivity index (χ0) is 14.5. The first-order chi connectivity index (χ1) is 10.3. The smallest absolute Gasteiger partial charge is 0.0928 e. The molecule has 3 rings (SSSR count). The molecule has 1 atom stereocenters. The number of piperazine rings is 1. The Balaban J connectivity index is 1.34. The van der Waals surface area contributed by atoms with Gasteiger partial charge in [0.25, 0.3) is 0 Å². The first-order valence-corrected chi connectivity index (χ1v) is 9.72. The van der Waals surface area contributed by atoms with Crippen LogP contribution in [0.1, 0.15) is 42.8 Å². The summed E-state index contributed by atoms with van der Waals surface area (Å²) in [6.45, 7) is 6.46. The fourth-order valence-electron chi connectivity index (χ4n) is 3.56. The lowest BCUT2D eigenvalue weighted by Crippen LogP contribution is -2.54. The van der Waals surface area contributed by atoms with Gasteiger partial charge in [-0.25, -0.2) is 4.98 Å². The number of hydrogen-bond acceptors (Lipinski definition) is 4. The van der Waals surface area contributed by atoms with Gasteiger partial charge in [0.05, 0.1) is 16.6 Å². The average Bonchev–Trinajstić information content (AvgIpc) is 2.99. The monoisotopic (exact) mass is 327 g/mol. The highest BCUT2D eigenvalue weighted by Gasteiger charge is 2.28. The summed E-state index contributed by atoms with van der Waals surface area (Å²) in [6.07, 6.45) is 7.92. The lowest BCUT2D eigenvalue weighted by Gasteiger charge is -2.44. The van der Waals surface area contributed by atoms with Crippen LogP contribution in [-0.4, -0.2) is 53.5 Å². The molecule has 21 heavy (non-hydrogen) atoms. The first-order valence-electron chi connectivity index (χ1n) is 8.31. The van der Waals surface area contributed by atoms with Crippen LogP contribution in [0.15, 0.2) is 5.38 Å². The van der Waals surface area contributed by atoms with Gasteiger partial charge in [-0.2, -0.15) is 0 Å². The van der Waals surface area contributed by atoms with Crippen molar-refractivity contribution in [1.29, 1.82) is 0 Å². The van der Waals surface area contributed by atoms with Crippen LogP contribution in [0.3, 0.4) is 0 Å². The van der Waals surface area contributed by atoms with Crippen LogP contribution < -0.4 is 0 Å². The van der Waals surface area contributed by atoms with Gasteiger partial charge in [-0.15, -0.1) is 22.9 Å². The number of alkyl halides is 1. The van der Waals surface area contributed by atoms with Gasteiger partial charge in [0.15, 0.2) is 0 Å². The van der Waals surface area contributed by atoms with Crippen molar-refractivity contribution < 1.29 is 0 Å². The number of thiazole rings is 1. The molecule has 118 valence electrons. The molecule has 2 saturated heterocycles. The van der Waals surface area contributed by atoms with Gasteiger partial charge in [-0.05, 0) is 45.2 Å². The number of fused-ring (bicyclic) bond motifs is 1. The van der Waals surface area contributed by atoms with Gasteiger partial charge in [0, 0.05) is 31.1 Å². The average molecular weight is 328 g/mol. The van der Waals surface area contributed by atoms with E-state index in [1.807, 2.05) is 0 Å². The van der Waals surface area contributed by atoms with E-state index in [0.29, 0.717) is 5.88 Å². The largest absolute Gasteiger partial charge is 0.301 e. The van der Waals surface area contributed by atoms with Crippen LogP contribution in [0.4, 0.5) is 0 Å². The third kappa shape index (κ3) is 4.41. The molecule has 0 radical (unpaired) electrons. The maximum Gasteiger partial charge on any atom is 0.0928 e. The molecule has 1 unspecified atom stereocenters.